The molecule has 0 aliphatic heterocycles. The Labute approximate surface area is 131 Å². The van der Waals surface area contributed by atoms with Crippen molar-refractivity contribution >= 4 is 23.3 Å². The highest BCUT2D eigenvalue weighted by Gasteiger charge is 2.17. The molecule has 1 heterocycles. The number of aromatic nitrogens is 1. The molecule has 0 saturated carbocycles. The summed E-state index contributed by atoms with van der Waals surface area (Å²) < 4.78 is 0. The summed E-state index contributed by atoms with van der Waals surface area (Å²) in [6.45, 7) is 10.7. The highest BCUT2D eigenvalue weighted by molar-refractivity contribution is 7.12. The van der Waals surface area contributed by atoms with Gasteiger partial charge in [-0.25, -0.2) is 4.98 Å². The third kappa shape index (κ3) is 6.87. The largest absolute Gasteiger partial charge is 0.391 e. The Morgan fingerprint density at radius 3 is 2.67 bits per heavy atom. The monoisotopic (exact) mass is 310 g/mol. The number of carbonyl (C=O) groups is 1. The van der Waals surface area contributed by atoms with Crippen molar-refractivity contribution in [3.05, 3.63) is 22.2 Å². The van der Waals surface area contributed by atoms with Gasteiger partial charge in [-0.05, 0) is 18.4 Å². The normalized spacial score (nSPS) is 13.9. The summed E-state index contributed by atoms with van der Waals surface area (Å²) in [5.74, 6) is 0.226. The van der Waals surface area contributed by atoms with Gasteiger partial charge in [0.25, 0.3) is 0 Å². The first-order valence-electron chi connectivity index (χ1n) is 7.28. The Hall–Kier alpha value is -1.20. The van der Waals surface area contributed by atoms with Crippen molar-refractivity contribution in [2.75, 3.05) is 6.54 Å². The summed E-state index contributed by atoms with van der Waals surface area (Å²) in [6.07, 6.45) is 5.23. The number of nitrogens with zero attached hydrogens (tertiary/aromatic N) is 1. The average Bonchev–Trinajstić information content (AvgIpc) is 2.81. The summed E-state index contributed by atoms with van der Waals surface area (Å²) in [7, 11) is 0. The van der Waals surface area contributed by atoms with Crippen LogP contribution in [0.1, 0.15) is 50.9 Å². The quantitative estimate of drug-likeness (QED) is 0.794. The van der Waals surface area contributed by atoms with Crippen molar-refractivity contribution in [3.63, 3.8) is 0 Å². The van der Waals surface area contributed by atoms with Crippen LogP contribution in [0.15, 0.2) is 12.3 Å². The number of thiazole rings is 1. The molecule has 0 aliphatic rings. The molecule has 0 radical (unpaired) electrons. The van der Waals surface area contributed by atoms with Gasteiger partial charge in [-0.2, -0.15) is 0 Å². The van der Waals surface area contributed by atoms with Gasteiger partial charge in [0.1, 0.15) is 0 Å². The number of rotatable bonds is 6. The average molecular weight is 310 g/mol. The minimum atomic E-state index is -0.488. The second-order valence-corrected chi connectivity index (χ2v) is 7.74. The zero-order chi connectivity index (χ0) is 16.0. The van der Waals surface area contributed by atoms with E-state index in [2.05, 4.69) is 31.1 Å². The van der Waals surface area contributed by atoms with E-state index in [1.807, 2.05) is 13.8 Å². The standard InChI is InChI=1S/C16H26N2O2S/c1-11(2)8-12(19)9-17-14(20)7-6-13-10-18-15(21-13)16(3,4)5/h6-7,10-12,19H,8-9H2,1-5H3,(H,17,20)/b7-6+. The summed E-state index contributed by atoms with van der Waals surface area (Å²) in [4.78, 5) is 17.0. The molecule has 0 spiro atoms. The SMILES string of the molecule is CC(C)CC(O)CNC(=O)/C=C/c1cnc(C(C)(C)C)s1. The molecule has 0 fully saturated rings. The second-order valence-electron chi connectivity index (χ2n) is 6.68. The third-order valence-electron chi connectivity index (χ3n) is 2.82. The molecule has 5 heteroatoms. The van der Waals surface area contributed by atoms with Crippen molar-refractivity contribution in [2.45, 2.75) is 52.6 Å². The first-order chi connectivity index (χ1) is 9.68. The van der Waals surface area contributed by atoms with Crippen LogP contribution in [0, 0.1) is 5.92 Å². The van der Waals surface area contributed by atoms with Crippen molar-refractivity contribution in [3.8, 4) is 0 Å². The molecular formula is C16H26N2O2S. The molecule has 0 bridgehead atoms. The molecule has 2 N–H and O–H groups in total. The maximum Gasteiger partial charge on any atom is 0.244 e. The van der Waals surface area contributed by atoms with E-state index in [9.17, 15) is 9.90 Å². The van der Waals surface area contributed by atoms with E-state index in [1.54, 1.807) is 23.6 Å². The molecule has 1 aromatic heterocycles. The van der Waals surface area contributed by atoms with E-state index in [-0.39, 0.29) is 17.9 Å². The topological polar surface area (TPSA) is 62.2 Å². The molecule has 1 aromatic rings. The summed E-state index contributed by atoms with van der Waals surface area (Å²) >= 11 is 1.59. The molecule has 21 heavy (non-hydrogen) atoms. The maximum atomic E-state index is 11.7. The van der Waals surface area contributed by atoms with Crippen molar-refractivity contribution in [1.82, 2.24) is 10.3 Å². The number of nitrogens with one attached hydrogen (secondary N) is 1. The van der Waals surface area contributed by atoms with Crippen LogP contribution in [-0.4, -0.2) is 28.6 Å². The minimum Gasteiger partial charge on any atom is -0.391 e. The van der Waals surface area contributed by atoms with Crippen LogP contribution in [0.2, 0.25) is 0 Å². The lowest BCUT2D eigenvalue weighted by molar-refractivity contribution is -0.116. The number of aliphatic hydroxyl groups is 1. The van der Waals surface area contributed by atoms with E-state index in [4.69, 9.17) is 0 Å². The number of amides is 1. The minimum absolute atomic E-state index is 0.0277. The van der Waals surface area contributed by atoms with Gasteiger partial charge >= 0.3 is 0 Å². The number of hydrogen-bond acceptors (Lipinski definition) is 4. The van der Waals surface area contributed by atoms with Crippen molar-refractivity contribution in [2.24, 2.45) is 5.92 Å². The molecule has 4 nitrogen and oxygen atoms in total. The first kappa shape index (κ1) is 17.9. The second kappa shape index (κ2) is 7.71. The first-order valence-corrected chi connectivity index (χ1v) is 8.10. The summed E-state index contributed by atoms with van der Waals surface area (Å²) in [5.41, 5.74) is 0.0277. The molecule has 1 amide bonds. The van der Waals surface area contributed by atoms with Crippen LogP contribution in [0.3, 0.4) is 0 Å². The number of hydrogen-bond donors (Lipinski definition) is 2. The number of carbonyl (C=O) groups excluding carboxylic acids is 1. The van der Waals surface area contributed by atoms with Gasteiger partial charge in [-0.15, -0.1) is 11.3 Å². The van der Waals surface area contributed by atoms with Crippen LogP contribution in [-0.2, 0) is 10.2 Å². The molecular weight excluding hydrogens is 284 g/mol. The Balaban J connectivity index is 2.46. The lowest BCUT2D eigenvalue weighted by Gasteiger charge is -2.13. The van der Waals surface area contributed by atoms with E-state index in [0.29, 0.717) is 12.3 Å². The van der Waals surface area contributed by atoms with Gasteiger partial charge in [-0.3, -0.25) is 4.79 Å². The van der Waals surface area contributed by atoms with E-state index in [1.165, 1.54) is 6.08 Å². The van der Waals surface area contributed by atoms with Crippen LogP contribution >= 0.6 is 11.3 Å². The molecule has 0 aromatic carbocycles. The fraction of sp³-hybridized carbons (Fsp3) is 0.625. The lowest BCUT2D eigenvalue weighted by Crippen LogP contribution is -2.31. The Morgan fingerprint density at radius 2 is 2.14 bits per heavy atom. The van der Waals surface area contributed by atoms with E-state index >= 15 is 0 Å². The van der Waals surface area contributed by atoms with Gasteiger partial charge in [-0.1, -0.05) is 34.6 Å². The molecule has 0 aliphatic carbocycles. The Kier molecular flexibility index (Phi) is 6.55. The van der Waals surface area contributed by atoms with Gasteiger partial charge in [0.05, 0.1) is 11.1 Å². The molecule has 1 rings (SSSR count). The van der Waals surface area contributed by atoms with Gasteiger partial charge in [0.2, 0.25) is 5.91 Å². The van der Waals surface area contributed by atoms with Gasteiger partial charge < -0.3 is 10.4 Å². The fourth-order valence-electron chi connectivity index (χ4n) is 1.77. The highest BCUT2D eigenvalue weighted by Crippen LogP contribution is 2.27. The predicted octanol–water partition coefficient (Wildman–Crippen LogP) is 2.98. The molecule has 1 unspecified atom stereocenters. The van der Waals surface area contributed by atoms with E-state index in [0.717, 1.165) is 9.88 Å². The molecule has 0 saturated heterocycles. The third-order valence-corrected chi connectivity index (χ3v) is 4.21. The van der Waals surface area contributed by atoms with Crippen LogP contribution in [0.25, 0.3) is 6.08 Å². The zero-order valence-electron chi connectivity index (χ0n) is 13.5. The molecule has 118 valence electrons. The summed E-state index contributed by atoms with van der Waals surface area (Å²) in [6, 6.07) is 0. The van der Waals surface area contributed by atoms with Crippen molar-refractivity contribution in [1.29, 1.82) is 0 Å². The molecule has 1 atom stereocenters. The highest BCUT2D eigenvalue weighted by atomic mass is 32.1. The van der Waals surface area contributed by atoms with Gasteiger partial charge in [0.15, 0.2) is 0 Å². The fourth-order valence-corrected chi connectivity index (χ4v) is 2.65. The Morgan fingerprint density at radius 1 is 1.48 bits per heavy atom. The van der Waals surface area contributed by atoms with Crippen LogP contribution in [0.5, 0.6) is 0 Å². The van der Waals surface area contributed by atoms with Crippen molar-refractivity contribution < 1.29 is 9.90 Å². The smallest absolute Gasteiger partial charge is 0.244 e. The lowest BCUT2D eigenvalue weighted by atomic mass is 9.98. The summed E-state index contributed by atoms with van der Waals surface area (Å²) in [5, 5.41) is 13.5. The zero-order valence-corrected chi connectivity index (χ0v) is 14.3. The predicted molar refractivity (Wildman–Crippen MR) is 88.3 cm³/mol. The van der Waals surface area contributed by atoms with Crippen LogP contribution < -0.4 is 5.32 Å². The Bertz CT molecular complexity index is 487. The van der Waals surface area contributed by atoms with Gasteiger partial charge in [0, 0.05) is 29.1 Å². The number of aliphatic hydroxyl groups excluding tert-OH is 1. The van der Waals surface area contributed by atoms with Crippen LogP contribution in [0.4, 0.5) is 0 Å². The van der Waals surface area contributed by atoms with E-state index < -0.39 is 6.10 Å². The maximum absolute atomic E-state index is 11.7.